The third-order valence-electron chi connectivity index (χ3n) is 4.11. The maximum Gasteiger partial charge on any atom is 0.271 e. The molecule has 1 saturated carbocycles. The number of carbonyl (C=O) groups excluding carboxylic acids is 1. The first-order chi connectivity index (χ1) is 11.3. The maximum atomic E-state index is 12.1. The van der Waals surface area contributed by atoms with Crippen molar-refractivity contribution < 1.29 is 9.53 Å². The van der Waals surface area contributed by atoms with Crippen molar-refractivity contribution in [3.63, 3.8) is 0 Å². The van der Waals surface area contributed by atoms with Crippen LogP contribution in [0.3, 0.4) is 0 Å². The summed E-state index contributed by atoms with van der Waals surface area (Å²) in [7, 11) is 0. The first-order valence-electron chi connectivity index (χ1n) is 8.32. The topological polar surface area (TPSA) is 67.0 Å². The number of aromatic nitrogens is 2. The lowest BCUT2D eigenvalue weighted by molar-refractivity contribution is 0.0273. The summed E-state index contributed by atoms with van der Waals surface area (Å²) in [5, 5.41) is 11.9. The Bertz CT molecular complexity index is 603. The Morgan fingerprint density at radius 1 is 1.39 bits per heavy atom. The molecule has 0 spiro atoms. The molecule has 0 radical (unpaired) electrons. The molecule has 0 aromatic carbocycles. The van der Waals surface area contributed by atoms with Gasteiger partial charge in [-0.1, -0.05) is 25.3 Å². The van der Waals surface area contributed by atoms with E-state index in [4.69, 9.17) is 4.74 Å². The van der Waals surface area contributed by atoms with Gasteiger partial charge in [0.2, 0.25) is 0 Å². The molecule has 1 amide bonds. The molecule has 2 N–H and O–H groups in total. The first kappa shape index (κ1) is 16.2. The summed E-state index contributed by atoms with van der Waals surface area (Å²) in [6.07, 6.45) is 7.55. The zero-order valence-corrected chi connectivity index (χ0v) is 14.0. The first-order valence-corrected chi connectivity index (χ1v) is 9.20. The Morgan fingerprint density at radius 2 is 2.26 bits per heavy atom. The van der Waals surface area contributed by atoms with Gasteiger partial charge >= 0.3 is 0 Å². The molecular formula is C17H23N3O2S. The van der Waals surface area contributed by atoms with Crippen LogP contribution in [0.15, 0.2) is 23.6 Å². The Kier molecular flexibility index (Phi) is 5.82. The molecule has 124 valence electrons. The second-order valence-electron chi connectivity index (χ2n) is 5.88. The molecule has 0 bridgehead atoms. The zero-order valence-electron chi connectivity index (χ0n) is 13.2. The summed E-state index contributed by atoms with van der Waals surface area (Å²) < 4.78 is 5.85. The van der Waals surface area contributed by atoms with Crippen LogP contribution < -0.4 is 5.32 Å². The Labute approximate surface area is 140 Å². The molecule has 0 unspecified atom stereocenters. The van der Waals surface area contributed by atoms with Gasteiger partial charge in [0, 0.05) is 13.2 Å². The molecule has 0 atom stereocenters. The molecule has 2 heterocycles. The minimum absolute atomic E-state index is 0.137. The molecule has 0 aliphatic heterocycles. The number of thiophene rings is 1. The van der Waals surface area contributed by atoms with Crippen molar-refractivity contribution >= 4 is 17.2 Å². The van der Waals surface area contributed by atoms with E-state index in [0.717, 1.165) is 17.0 Å². The lowest BCUT2D eigenvalue weighted by Crippen LogP contribution is -2.26. The average molecular weight is 333 g/mol. The Morgan fingerprint density at radius 3 is 3.04 bits per heavy atom. The smallest absolute Gasteiger partial charge is 0.271 e. The van der Waals surface area contributed by atoms with Crippen LogP contribution in [0.2, 0.25) is 0 Å². The van der Waals surface area contributed by atoms with E-state index in [9.17, 15) is 4.79 Å². The highest BCUT2D eigenvalue weighted by Crippen LogP contribution is 2.23. The summed E-state index contributed by atoms with van der Waals surface area (Å²) in [4.78, 5) is 13.1. The highest BCUT2D eigenvalue weighted by molar-refractivity contribution is 7.13. The van der Waals surface area contributed by atoms with Crippen molar-refractivity contribution in [2.75, 3.05) is 13.2 Å². The number of ether oxygens (including phenoxy) is 1. The van der Waals surface area contributed by atoms with Gasteiger partial charge in [0.15, 0.2) is 5.69 Å². The maximum absolute atomic E-state index is 12.1. The van der Waals surface area contributed by atoms with Crippen molar-refractivity contribution in [2.45, 2.75) is 44.6 Å². The fourth-order valence-corrected chi connectivity index (χ4v) is 3.53. The monoisotopic (exact) mass is 333 g/mol. The highest BCUT2D eigenvalue weighted by atomic mass is 32.1. The number of aromatic amines is 1. The molecule has 23 heavy (non-hydrogen) atoms. The third kappa shape index (κ3) is 4.65. The quantitative estimate of drug-likeness (QED) is 0.761. The normalized spacial score (nSPS) is 15.7. The van der Waals surface area contributed by atoms with Crippen molar-refractivity contribution in [1.82, 2.24) is 15.5 Å². The van der Waals surface area contributed by atoms with E-state index in [-0.39, 0.29) is 5.91 Å². The van der Waals surface area contributed by atoms with Crippen LogP contribution in [0.1, 0.15) is 49.0 Å². The molecule has 2 aromatic rings. The van der Waals surface area contributed by atoms with Gasteiger partial charge in [-0.2, -0.15) is 5.10 Å². The summed E-state index contributed by atoms with van der Waals surface area (Å²) in [6, 6.07) is 5.77. The molecule has 1 aliphatic rings. The number of nitrogens with one attached hydrogen (secondary N) is 2. The number of nitrogens with zero attached hydrogens (tertiary/aromatic N) is 1. The molecule has 2 aromatic heterocycles. The number of hydrogen-bond donors (Lipinski definition) is 2. The minimum atomic E-state index is -0.137. The van der Waals surface area contributed by atoms with Gasteiger partial charge in [0.1, 0.15) is 0 Å². The van der Waals surface area contributed by atoms with Crippen molar-refractivity contribution in [3.05, 3.63) is 29.3 Å². The Balaban J connectivity index is 1.36. The number of carbonyl (C=O) groups is 1. The van der Waals surface area contributed by atoms with E-state index in [1.807, 2.05) is 17.5 Å². The summed E-state index contributed by atoms with van der Waals surface area (Å²) in [5.41, 5.74) is 1.31. The molecule has 3 rings (SSSR count). The van der Waals surface area contributed by atoms with E-state index in [1.54, 1.807) is 17.4 Å². The SMILES string of the molecule is O=C(NCCCOC1CCCCC1)c1cc(-c2cccs2)[nH]n1. The van der Waals surface area contributed by atoms with Gasteiger partial charge in [-0.05, 0) is 36.8 Å². The molecule has 1 fully saturated rings. The van der Waals surface area contributed by atoms with Gasteiger partial charge in [0.25, 0.3) is 5.91 Å². The van der Waals surface area contributed by atoms with Crippen LogP contribution in [0, 0.1) is 0 Å². The van der Waals surface area contributed by atoms with Gasteiger partial charge < -0.3 is 10.1 Å². The molecule has 6 heteroatoms. The molecule has 1 aliphatic carbocycles. The van der Waals surface area contributed by atoms with E-state index in [1.165, 1.54) is 32.1 Å². The van der Waals surface area contributed by atoms with Gasteiger partial charge in [-0.3, -0.25) is 9.89 Å². The molecule has 0 saturated heterocycles. The zero-order chi connectivity index (χ0) is 15.9. The van der Waals surface area contributed by atoms with Crippen molar-refractivity contribution in [2.24, 2.45) is 0 Å². The standard InChI is InChI=1S/C17H23N3O2S/c21-17(15-12-14(19-20-15)16-8-4-11-23-16)18-9-5-10-22-13-6-2-1-3-7-13/h4,8,11-13H,1-3,5-7,9-10H2,(H,18,21)(H,19,20). The fraction of sp³-hybridized carbons (Fsp3) is 0.529. The predicted molar refractivity (Wildman–Crippen MR) is 91.7 cm³/mol. The lowest BCUT2D eigenvalue weighted by Gasteiger charge is -2.21. The average Bonchev–Trinajstić information content (AvgIpc) is 3.26. The Hall–Kier alpha value is -1.66. The van der Waals surface area contributed by atoms with Crippen molar-refractivity contribution in [1.29, 1.82) is 0 Å². The summed E-state index contributed by atoms with van der Waals surface area (Å²) in [5.74, 6) is -0.137. The van der Waals surface area contributed by atoms with Crippen LogP contribution in [-0.2, 0) is 4.74 Å². The number of amides is 1. The van der Waals surface area contributed by atoms with E-state index >= 15 is 0 Å². The summed E-state index contributed by atoms with van der Waals surface area (Å²) >= 11 is 1.62. The van der Waals surface area contributed by atoms with Crippen molar-refractivity contribution in [3.8, 4) is 10.6 Å². The van der Waals surface area contributed by atoms with E-state index in [2.05, 4.69) is 15.5 Å². The third-order valence-corrected chi connectivity index (χ3v) is 5.01. The van der Waals surface area contributed by atoms with E-state index < -0.39 is 0 Å². The number of hydrogen-bond acceptors (Lipinski definition) is 4. The fourth-order valence-electron chi connectivity index (χ4n) is 2.84. The van der Waals surface area contributed by atoms with E-state index in [0.29, 0.717) is 24.9 Å². The highest BCUT2D eigenvalue weighted by Gasteiger charge is 2.14. The van der Waals surface area contributed by atoms with Crippen LogP contribution in [-0.4, -0.2) is 35.4 Å². The number of H-pyrrole nitrogens is 1. The van der Waals surface area contributed by atoms with Crippen LogP contribution in [0.25, 0.3) is 10.6 Å². The van der Waals surface area contributed by atoms with Gasteiger partial charge in [-0.25, -0.2) is 0 Å². The lowest BCUT2D eigenvalue weighted by atomic mass is 9.98. The molecular weight excluding hydrogens is 310 g/mol. The second-order valence-corrected chi connectivity index (χ2v) is 6.83. The van der Waals surface area contributed by atoms with Crippen LogP contribution >= 0.6 is 11.3 Å². The van der Waals surface area contributed by atoms with Gasteiger partial charge in [-0.15, -0.1) is 11.3 Å². The number of rotatable bonds is 7. The van der Waals surface area contributed by atoms with Crippen LogP contribution in [0.4, 0.5) is 0 Å². The summed E-state index contributed by atoms with van der Waals surface area (Å²) in [6.45, 7) is 1.33. The van der Waals surface area contributed by atoms with Crippen LogP contribution in [0.5, 0.6) is 0 Å². The molecule has 5 nitrogen and oxygen atoms in total. The predicted octanol–water partition coefficient (Wildman–Crippen LogP) is 3.61. The minimum Gasteiger partial charge on any atom is -0.378 e. The largest absolute Gasteiger partial charge is 0.378 e. The second kappa shape index (κ2) is 8.26. The van der Waals surface area contributed by atoms with Gasteiger partial charge in [0.05, 0.1) is 16.7 Å².